The van der Waals surface area contributed by atoms with Gasteiger partial charge in [0, 0.05) is 0 Å². The van der Waals surface area contributed by atoms with Crippen LogP contribution in [0.15, 0.2) is 64.0 Å². The highest BCUT2D eigenvalue weighted by Crippen LogP contribution is 2.26. The van der Waals surface area contributed by atoms with Crippen LogP contribution in [0.1, 0.15) is 29.5 Å². The van der Waals surface area contributed by atoms with Crippen LogP contribution in [0.25, 0.3) is 11.0 Å². The predicted molar refractivity (Wildman–Crippen MR) is 92.1 cm³/mol. The predicted octanol–water partition coefficient (Wildman–Crippen LogP) is 3.80. The molecule has 122 valence electrons. The van der Waals surface area contributed by atoms with Gasteiger partial charge in [-0.25, -0.2) is 0 Å². The lowest BCUT2D eigenvalue weighted by molar-refractivity contribution is -0.143. The van der Waals surface area contributed by atoms with Crippen molar-refractivity contribution >= 4 is 16.9 Å². The molecule has 3 rings (SSSR count). The normalized spacial score (nSPS) is 12.1. The van der Waals surface area contributed by atoms with Crippen molar-refractivity contribution in [1.82, 2.24) is 0 Å². The van der Waals surface area contributed by atoms with Crippen LogP contribution in [0.3, 0.4) is 0 Å². The standard InChI is InChI=1S/C20H18O4/c1-3-23-20(22)18(14-7-5-4-6-8-14)16-12-24-17-11-13(2)9-10-15(17)19(16)21/h4-12,18H,3H2,1-2H3/t18-/m1/s1. The van der Waals surface area contributed by atoms with E-state index >= 15 is 0 Å². The lowest BCUT2D eigenvalue weighted by Gasteiger charge is -2.15. The molecule has 0 aliphatic carbocycles. The second-order valence-electron chi connectivity index (χ2n) is 5.62. The SMILES string of the molecule is CCOC(=O)[C@H](c1ccccc1)c1coc2cc(C)ccc2c1=O. The first-order valence-electron chi connectivity index (χ1n) is 7.85. The first-order valence-corrected chi connectivity index (χ1v) is 7.85. The molecular formula is C20H18O4. The molecule has 1 heterocycles. The van der Waals surface area contributed by atoms with Gasteiger partial charge in [-0.15, -0.1) is 0 Å². The van der Waals surface area contributed by atoms with Gasteiger partial charge in [-0.2, -0.15) is 0 Å². The van der Waals surface area contributed by atoms with E-state index in [0.717, 1.165) is 5.56 Å². The first kappa shape index (κ1) is 16.0. The third-order valence-corrected chi connectivity index (χ3v) is 3.92. The number of ether oxygens (including phenoxy) is 1. The third kappa shape index (κ3) is 2.95. The van der Waals surface area contributed by atoms with E-state index in [1.165, 1.54) is 6.26 Å². The van der Waals surface area contributed by atoms with Crippen LogP contribution < -0.4 is 5.43 Å². The Labute approximate surface area is 139 Å². The molecule has 1 aromatic heterocycles. The molecule has 0 radical (unpaired) electrons. The van der Waals surface area contributed by atoms with Gasteiger partial charge in [0.15, 0.2) is 5.43 Å². The van der Waals surface area contributed by atoms with Crippen molar-refractivity contribution in [3.63, 3.8) is 0 Å². The zero-order valence-electron chi connectivity index (χ0n) is 13.6. The van der Waals surface area contributed by atoms with Gasteiger partial charge >= 0.3 is 5.97 Å². The summed E-state index contributed by atoms with van der Waals surface area (Å²) in [7, 11) is 0. The fourth-order valence-electron chi connectivity index (χ4n) is 2.76. The molecule has 0 saturated carbocycles. The molecule has 0 spiro atoms. The second-order valence-corrected chi connectivity index (χ2v) is 5.62. The Balaban J connectivity index is 2.19. The number of rotatable bonds is 4. The molecule has 3 aromatic rings. The minimum atomic E-state index is -0.798. The molecule has 0 N–H and O–H groups in total. The van der Waals surface area contributed by atoms with Crippen molar-refractivity contribution in [3.8, 4) is 0 Å². The summed E-state index contributed by atoms with van der Waals surface area (Å²) in [6.07, 6.45) is 1.37. The number of aryl methyl sites for hydroxylation is 1. The maximum Gasteiger partial charge on any atom is 0.318 e. The summed E-state index contributed by atoms with van der Waals surface area (Å²) < 4.78 is 10.8. The average Bonchev–Trinajstić information content (AvgIpc) is 2.58. The van der Waals surface area contributed by atoms with Crippen LogP contribution in [0, 0.1) is 6.92 Å². The smallest absolute Gasteiger partial charge is 0.318 e. The number of benzene rings is 2. The monoisotopic (exact) mass is 322 g/mol. The van der Waals surface area contributed by atoms with Crippen LogP contribution in [-0.4, -0.2) is 12.6 Å². The zero-order valence-corrected chi connectivity index (χ0v) is 13.6. The summed E-state index contributed by atoms with van der Waals surface area (Å²) in [5.74, 6) is -1.25. The Hall–Kier alpha value is -2.88. The van der Waals surface area contributed by atoms with Gasteiger partial charge < -0.3 is 9.15 Å². The van der Waals surface area contributed by atoms with Crippen molar-refractivity contribution in [3.05, 3.63) is 81.7 Å². The number of hydrogen-bond donors (Lipinski definition) is 0. The molecule has 0 aliphatic rings. The lowest BCUT2D eigenvalue weighted by Crippen LogP contribution is -2.23. The molecule has 0 saturated heterocycles. The summed E-state index contributed by atoms with van der Waals surface area (Å²) in [4.78, 5) is 25.4. The van der Waals surface area contributed by atoms with E-state index in [2.05, 4.69) is 0 Å². The average molecular weight is 322 g/mol. The number of carbonyl (C=O) groups is 1. The highest BCUT2D eigenvalue weighted by molar-refractivity contribution is 5.84. The Morgan fingerprint density at radius 3 is 2.62 bits per heavy atom. The summed E-state index contributed by atoms with van der Waals surface area (Å²) in [5.41, 5.74) is 2.30. The third-order valence-electron chi connectivity index (χ3n) is 3.92. The summed E-state index contributed by atoms with van der Waals surface area (Å²) >= 11 is 0. The van der Waals surface area contributed by atoms with E-state index in [0.29, 0.717) is 16.5 Å². The van der Waals surface area contributed by atoms with Gasteiger partial charge in [0.25, 0.3) is 0 Å². The fourth-order valence-corrected chi connectivity index (χ4v) is 2.76. The van der Waals surface area contributed by atoms with Crippen molar-refractivity contribution in [2.75, 3.05) is 6.61 Å². The number of hydrogen-bond acceptors (Lipinski definition) is 4. The Morgan fingerprint density at radius 1 is 1.17 bits per heavy atom. The lowest BCUT2D eigenvalue weighted by atomic mass is 9.91. The van der Waals surface area contributed by atoms with Gasteiger partial charge in [-0.1, -0.05) is 36.4 Å². The van der Waals surface area contributed by atoms with E-state index in [4.69, 9.17) is 9.15 Å². The van der Waals surface area contributed by atoms with Crippen LogP contribution in [0.2, 0.25) is 0 Å². The molecule has 1 atom stereocenters. The molecule has 24 heavy (non-hydrogen) atoms. The van der Waals surface area contributed by atoms with E-state index in [9.17, 15) is 9.59 Å². The summed E-state index contributed by atoms with van der Waals surface area (Å²) in [6.45, 7) is 3.92. The summed E-state index contributed by atoms with van der Waals surface area (Å²) in [6, 6.07) is 14.5. The zero-order chi connectivity index (χ0) is 17.1. The van der Waals surface area contributed by atoms with E-state index in [1.54, 1.807) is 25.1 Å². The molecule has 0 amide bonds. The topological polar surface area (TPSA) is 56.5 Å². The van der Waals surface area contributed by atoms with E-state index in [1.807, 2.05) is 37.3 Å². The molecule has 0 bridgehead atoms. The Kier molecular flexibility index (Phi) is 4.47. The van der Waals surface area contributed by atoms with Gasteiger partial charge in [0.2, 0.25) is 0 Å². The molecule has 2 aromatic carbocycles. The molecule has 0 aliphatic heterocycles. The van der Waals surface area contributed by atoms with Crippen LogP contribution in [0.4, 0.5) is 0 Å². The van der Waals surface area contributed by atoms with Crippen LogP contribution in [-0.2, 0) is 9.53 Å². The van der Waals surface area contributed by atoms with Gasteiger partial charge in [-0.3, -0.25) is 9.59 Å². The maximum atomic E-state index is 12.9. The van der Waals surface area contributed by atoms with E-state index in [-0.39, 0.29) is 17.6 Å². The largest absolute Gasteiger partial charge is 0.465 e. The van der Waals surface area contributed by atoms with Crippen LogP contribution >= 0.6 is 0 Å². The van der Waals surface area contributed by atoms with Gasteiger partial charge in [-0.05, 0) is 37.1 Å². The number of esters is 1. The molecule has 0 fully saturated rings. The highest BCUT2D eigenvalue weighted by atomic mass is 16.5. The first-order chi connectivity index (χ1) is 11.6. The summed E-state index contributed by atoms with van der Waals surface area (Å²) in [5, 5.41) is 0.461. The molecule has 4 heteroatoms. The highest BCUT2D eigenvalue weighted by Gasteiger charge is 2.28. The minimum absolute atomic E-state index is 0.210. The van der Waals surface area contributed by atoms with Crippen molar-refractivity contribution in [2.45, 2.75) is 19.8 Å². The number of fused-ring (bicyclic) bond motifs is 1. The minimum Gasteiger partial charge on any atom is -0.465 e. The Bertz CT molecular complexity index is 925. The molecule has 4 nitrogen and oxygen atoms in total. The quantitative estimate of drug-likeness (QED) is 0.686. The molecule has 0 unspecified atom stereocenters. The maximum absolute atomic E-state index is 12.9. The van der Waals surface area contributed by atoms with Crippen LogP contribution in [0.5, 0.6) is 0 Å². The fraction of sp³-hybridized carbons (Fsp3) is 0.200. The van der Waals surface area contributed by atoms with Gasteiger partial charge in [0.05, 0.1) is 23.8 Å². The van der Waals surface area contributed by atoms with E-state index < -0.39 is 11.9 Å². The van der Waals surface area contributed by atoms with Gasteiger partial charge in [0.1, 0.15) is 11.5 Å². The van der Waals surface area contributed by atoms with Crippen molar-refractivity contribution in [1.29, 1.82) is 0 Å². The van der Waals surface area contributed by atoms with Crippen molar-refractivity contribution < 1.29 is 13.9 Å². The van der Waals surface area contributed by atoms with Crippen molar-refractivity contribution in [2.24, 2.45) is 0 Å². The molecular weight excluding hydrogens is 304 g/mol. The number of carbonyl (C=O) groups excluding carboxylic acids is 1. The Morgan fingerprint density at radius 2 is 1.92 bits per heavy atom. The second kappa shape index (κ2) is 6.71.